The number of carbonyl (C=O) groups is 2. The zero-order valence-electron chi connectivity index (χ0n) is 17.4. The summed E-state index contributed by atoms with van der Waals surface area (Å²) in [6.07, 6.45) is 3.41. The van der Waals surface area contributed by atoms with Gasteiger partial charge < -0.3 is 9.47 Å². The number of nitrogens with zero attached hydrogens (tertiary/aromatic N) is 1. The molecule has 0 bridgehead atoms. The third-order valence-corrected chi connectivity index (χ3v) is 5.89. The van der Waals surface area contributed by atoms with Crippen LogP contribution in [0.5, 0.6) is 5.75 Å². The molecule has 0 atom stereocenters. The summed E-state index contributed by atoms with van der Waals surface area (Å²) >= 11 is 6.65. The molecule has 0 unspecified atom stereocenters. The Morgan fingerprint density at radius 1 is 1.16 bits per heavy atom. The first kappa shape index (κ1) is 23.0. The van der Waals surface area contributed by atoms with E-state index in [0.29, 0.717) is 35.4 Å². The zero-order chi connectivity index (χ0) is 22.1. The van der Waals surface area contributed by atoms with Crippen LogP contribution in [0, 0.1) is 0 Å². The normalized spacial score (nSPS) is 14.9. The van der Waals surface area contributed by atoms with Crippen LogP contribution in [0.4, 0.5) is 0 Å². The van der Waals surface area contributed by atoms with Gasteiger partial charge in [-0.1, -0.05) is 73.4 Å². The molecule has 2 aromatic carbocycles. The van der Waals surface area contributed by atoms with Gasteiger partial charge in [0.1, 0.15) is 16.7 Å². The Hall–Kier alpha value is -2.64. The molecule has 2 aromatic rings. The van der Waals surface area contributed by atoms with Gasteiger partial charge in [0.2, 0.25) is 0 Å². The molecule has 1 aliphatic rings. The van der Waals surface area contributed by atoms with E-state index in [9.17, 15) is 9.59 Å². The van der Waals surface area contributed by atoms with Gasteiger partial charge in [-0.25, -0.2) is 0 Å². The molecule has 1 heterocycles. The van der Waals surface area contributed by atoms with E-state index < -0.39 is 0 Å². The number of thioether (sulfide) groups is 1. The first-order valence-electron chi connectivity index (χ1n) is 10.2. The number of ether oxygens (including phenoxy) is 2. The molecule has 0 spiro atoms. The highest BCUT2D eigenvalue weighted by Crippen LogP contribution is 2.33. The molecule has 0 N–H and O–H groups in total. The second-order valence-corrected chi connectivity index (χ2v) is 8.68. The molecule has 162 valence electrons. The van der Waals surface area contributed by atoms with Crippen LogP contribution < -0.4 is 4.74 Å². The zero-order valence-corrected chi connectivity index (χ0v) is 19.0. The summed E-state index contributed by atoms with van der Waals surface area (Å²) in [5, 5.41) is 0. The summed E-state index contributed by atoms with van der Waals surface area (Å²) in [5.41, 5.74) is 1.96. The van der Waals surface area contributed by atoms with Crippen molar-refractivity contribution in [1.82, 2.24) is 4.90 Å². The summed E-state index contributed by atoms with van der Waals surface area (Å²) in [7, 11) is 0. The van der Waals surface area contributed by atoms with Gasteiger partial charge in [0.25, 0.3) is 5.91 Å². The Morgan fingerprint density at radius 3 is 2.74 bits per heavy atom. The molecule has 0 radical (unpaired) electrons. The Kier molecular flexibility index (Phi) is 8.67. The molecular formula is C24H25NO4S2. The van der Waals surface area contributed by atoms with E-state index in [0.717, 1.165) is 23.3 Å². The maximum absolute atomic E-state index is 12.8. The lowest BCUT2D eigenvalue weighted by atomic mass is 10.2. The molecular weight excluding hydrogens is 430 g/mol. The Labute approximate surface area is 192 Å². The van der Waals surface area contributed by atoms with Crippen LogP contribution >= 0.6 is 24.0 Å². The fourth-order valence-electron chi connectivity index (χ4n) is 2.95. The predicted molar refractivity (Wildman–Crippen MR) is 128 cm³/mol. The van der Waals surface area contributed by atoms with Gasteiger partial charge in [0.05, 0.1) is 11.5 Å². The van der Waals surface area contributed by atoms with Crippen molar-refractivity contribution in [3.05, 3.63) is 70.6 Å². The standard InChI is InChI=1S/C24H25NO4S2/c1-2-14-28-22(26)12-7-13-25-23(27)21(31-24(25)30)16-19-10-6-11-20(15-19)29-17-18-8-4-3-5-9-18/h3-6,8-11,15-16H,2,7,12-14,17H2,1H3/b21-16-. The van der Waals surface area contributed by atoms with Crippen molar-refractivity contribution in [3.63, 3.8) is 0 Å². The van der Waals surface area contributed by atoms with Crippen LogP contribution in [-0.2, 0) is 20.9 Å². The molecule has 5 nitrogen and oxygen atoms in total. The number of benzene rings is 2. The van der Waals surface area contributed by atoms with E-state index in [4.69, 9.17) is 21.7 Å². The van der Waals surface area contributed by atoms with Gasteiger partial charge in [-0.3, -0.25) is 14.5 Å². The molecule has 1 amide bonds. The predicted octanol–water partition coefficient (Wildman–Crippen LogP) is 5.20. The second kappa shape index (κ2) is 11.7. The number of thiocarbonyl (C=S) groups is 1. The van der Waals surface area contributed by atoms with E-state index in [1.54, 1.807) is 4.90 Å². The maximum Gasteiger partial charge on any atom is 0.305 e. The van der Waals surface area contributed by atoms with Crippen LogP contribution in [0.25, 0.3) is 6.08 Å². The molecule has 1 saturated heterocycles. The number of carbonyl (C=O) groups excluding carboxylic acids is 2. The van der Waals surface area contributed by atoms with Crippen LogP contribution in [0.15, 0.2) is 59.5 Å². The van der Waals surface area contributed by atoms with Gasteiger partial charge in [0, 0.05) is 13.0 Å². The summed E-state index contributed by atoms with van der Waals surface area (Å²) in [6, 6.07) is 17.6. The van der Waals surface area contributed by atoms with Gasteiger partial charge in [0.15, 0.2) is 0 Å². The van der Waals surface area contributed by atoms with E-state index in [2.05, 4.69) is 0 Å². The number of hydrogen-bond acceptors (Lipinski definition) is 6. The molecule has 0 aromatic heterocycles. The maximum atomic E-state index is 12.8. The minimum atomic E-state index is -0.241. The van der Waals surface area contributed by atoms with Crippen LogP contribution in [0.1, 0.15) is 37.3 Å². The smallest absolute Gasteiger partial charge is 0.305 e. The Morgan fingerprint density at radius 2 is 1.97 bits per heavy atom. The summed E-state index contributed by atoms with van der Waals surface area (Å²) in [5.74, 6) is 0.362. The monoisotopic (exact) mass is 455 g/mol. The van der Waals surface area contributed by atoms with E-state index >= 15 is 0 Å². The Balaban J connectivity index is 1.57. The lowest BCUT2D eigenvalue weighted by Crippen LogP contribution is -2.29. The summed E-state index contributed by atoms with van der Waals surface area (Å²) in [6.45, 7) is 3.26. The first-order chi connectivity index (χ1) is 15.1. The molecule has 31 heavy (non-hydrogen) atoms. The highest BCUT2D eigenvalue weighted by Gasteiger charge is 2.31. The molecule has 0 saturated carbocycles. The molecule has 1 aliphatic heterocycles. The fraction of sp³-hybridized carbons (Fsp3) is 0.292. The molecule has 7 heteroatoms. The van der Waals surface area contributed by atoms with Crippen LogP contribution in [0.3, 0.4) is 0 Å². The van der Waals surface area contributed by atoms with E-state index in [-0.39, 0.29) is 18.3 Å². The van der Waals surface area contributed by atoms with Crippen molar-refractivity contribution in [2.24, 2.45) is 0 Å². The fourth-order valence-corrected chi connectivity index (χ4v) is 4.26. The van der Waals surface area contributed by atoms with Crippen molar-refractivity contribution in [2.45, 2.75) is 32.8 Å². The van der Waals surface area contributed by atoms with E-state index in [1.165, 1.54) is 11.8 Å². The van der Waals surface area contributed by atoms with Gasteiger partial charge in [-0.2, -0.15) is 0 Å². The molecule has 1 fully saturated rings. The number of amides is 1. The minimum Gasteiger partial charge on any atom is -0.489 e. The highest BCUT2D eigenvalue weighted by atomic mass is 32.2. The third kappa shape index (κ3) is 6.94. The third-order valence-electron chi connectivity index (χ3n) is 4.51. The molecule has 0 aliphatic carbocycles. The second-order valence-electron chi connectivity index (χ2n) is 7.00. The van der Waals surface area contributed by atoms with Crippen molar-refractivity contribution in [2.75, 3.05) is 13.2 Å². The van der Waals surface area contributed by atoms with Crippen molar-refractivity contribution in [3.8, 4) is 5.75 Å². The average Bonchev–Trinajstić information content (AvgIpc) is 3.04. The number of esters is 1. The van der Waals surface area contributed by atoms with Gasteiger partial charge in [-0.15, -0.1) is 0 Å². The van der Waals surface area contributed by atoms with Gasteiger partial charge >= 0.3 is 5.97 Å². The van der Waals surface area contributed by atoms with Crippen molar-refractivity contribution >= 4 is 46.3 Å². The van der Waals surface area contributed by atoms with Crippen molar-refractivity contribution in [1.29, 1.82) is 0 Å². The summed E-state index contributed by atoms with van der Waals surface area (Å²) in [4.78, 5) is 26.5. The number of hydrogen-bond donors (Lipinski definition) is 0. The van der Waals surface area contributed by atoms with E-state index in [1.807, 2.05) is 67.6 Å². The van der Waals surface area contributed by atoms with Crippen molar-refractivity contribution < 1.29 is 19.1 Å². The Bertz CT molecular complexity index is 959. The van der Waals surface area contributed by atoms with Crippen LogP contribution in [-0.4, -0.2) is 34.2 Å². The summed E-state index contributed by atoms with van der Waals surface area (Å²) < 4.78 is 11.4. The lowest BCUT2D eigenvalue weighted by Gasteiger charge is -2.13. The average molecular weight is 456 g/mol. The quantitative estimate of drug-likeness (QED) is 0.279. The number of rotatable bonds is 10. The topological polar surface area (TPSA) is 55.8 Å². The first-order valence-corrected chi connectivity index (χ1v) is 11.5. The molecule has 3 rings (SSSR count). The largest absolute Gasteiger partial charge is 0.489 e. The van der Waals surface area contributed by atoms with Gasteiger partial charge in [-0.05, 0) is 42.2 Å². The SMILES string of the molecule is CCCOC(=O)CCCN1C(=O)/C(=C/c2cccc(OCc3ccccc3)c2)SC1=S. The minimum absolute atomic E-state index is 0.132. The van der Waals surface area contributed by atoms with Crippen LogP contribution in [0.2, 0.25) is 0 Å². The highest BCUT2D eigenvalue weighted by molar-refractivity contribution is 8.26. The lowest BCUT2D eigenvalue weighted by molar-refractivity contribution is -0.144.